The molecule has 0 saturated heterocycles. The number of nitrogens with two attached hydrogens (primary N) is 1. The second kappa shape index (κ2) is 5.29. The van der Waals surface area contributed by atoms with Gasteiger partial charge in [-0.15, -0.1) is 0 Å². The summed E-state index contributed by atoms with van der Waals surface area (Å²) in [6.45, 7) is 2.95. The molecule has 20 heavy (non-hydrogen) atoms. The van der Waals surface area contributed by atoms with Gasteiger partial charge in [-0.25, -0.2) is 4.98 Å². The van der Waals surface area contributed by atoms with Gasteiger partial charge in [0.15, 0.2) is 0 Å². The molecule has 3 rings (SSSR count). The Morgan fingerprint density at radius 1 is 1.20 bits per heavy atom. The van der Waals surface area contributed by atoms with Crippen LogP contribution in [0.1, 0.15) is 18.3 Å². The number of benzene rings is 2. The highest BCUT2D eigenvalue weighted by Gasteiger charge is 2.10. The molecule has 0 bridgehead atoms. The van der Waals surface area contributed by atoms with Crippen LogP contribution in [-0.4, -0.2) is 9.55 Å². The van der Waals surface area contributed by atoms with Crippen molar-refractivity contribution in [2.45, 2.75) is 19.9 Å². The average Bonchev–Trinajstić information content (AvgIpc) is 2.76. The summed E-state index contributed by atoms with van der Waals surface area (Å²) in [5.41, 5.74) is 9.96. The van der Waals surface area contributed by atoms with Gasteiger partial charge in [0.2, 0.25) is 0 Å². The van der Waals surface area contributed by atoms with E-state index in [1.807, 2.05) is 18.2 Å². The Morgan fingerprint density at radius 2 is 2.05 bits per heavy atom. The largest absolute Gasteiger partial charge is 0.399 e. The number of nitrogen functional groups attached to an aromatic ring is 1. The Labute approximate surface area is 126 Å². The van der Waals surface area contributed by atoms with E-state index in [0.29, 0.717) is 0 Å². The van der Waals surface area contributed by atoms with Gasteiger partial charge in [0, 0.05) is 23.1 Å². The van der Waals surface area contributed by atoms with E-state index < -0.39 is 0 Å². The summed E-state index contributed by atoms with van der Waals surface area (Å²) < 4.78 is 3.36. The van der Waals surface area contributed by atoms with Crippen LogP contribution >= 0.6 is 15.9 Å². The summed E-state index contributed by atoms with van der Waals surface area (Å²) in [6.07, 6.45) is 0.905. The summed E-state index contributed by atoms with van der Waals surface area (Å²) in [4.78, 5) is 4.68. The molecule has 0 fully saturated rings. The zero-order valence-corrected chi connectivity index (χ0v) is 12.9. The van der Waals surface area contributed by atoms with Crippen LogP contribution in [0.2, 0.25) is 0 Å². The van der Waals surface area contributed by atoms with Crippen molar-refractivity contribution in [3.8, 4) is 0 Å². The molecule has 102 valence electrons. The summed E-state index contributed by atoms with van der Waals surface area (Å²) in [7, 11) is 0. The maximum atomic E-state index is 5.84. The van der Waals surface area contributed by atoms with E-state index in [9.17, 15) is 0 Å². The first-order valence-corrected chi connectivity index (χ1v) is 7.45. The van der Waals surface area contributed by atoms with Crippen LogP contribution in [0.25, 0.3) is 11.0 Å². The third-order valence-corrected chi connectivity index (χ3v) is 3.89. The Morgan fingerprint density at radius 3 is 2.80 bits per heavy atom. The predicted molar refractivity (Wildman–Crippen MR) is 86.8 cm³/mol. The molecule has 1 aromatic heterocycles. The number of hydrogen-bond acceptors (Lipinski definition) is 2. The number of halogens is 1. The van der Waals surface area contributed by atoms with E-state index in [4.69, 9.17) is 5.73 Å². The second-order valence-corrected chi connectivity index (χ2v) is 5.76. The third-order valence-electron chi connectivity index (χ3n) is 3.40. The summed E-state index contributed by atoms with van der Waals surface area (Å²) in [6, 6.07) is 14.3. The van der Waals surface area contributed by atoms with Crippen molar-refractivity contribution in [3.63, 3.8) is 0 Å². The normalized spacial score (nSPS) is 11.1. The first-order valence-electron chi connectivity index (χ1n) is 6.66. The molecule has 0 aliphatic carbocycles. The van der Waals surface area contributed by atoms with Crippen LogP contribution in [0.15, 0.2) is 46.9 Å². The minimum Gasteiger partial charge on any atom is -0.399 e. The van der Waals surface area contributed by atoms with Crippen molar-refractivity contribution >= 4 is 32.7 Å². The van der Waals surface area contributed by atoms with E-state index in [0.717, 1.165) is 40.0 Å². The second-order valence-electron chi connectivity index (χ2n) is 4.85. The van der Waals surface area contributed by atoms with Gasteiger partial charge < -0.3 is 10.3 Å². The standard InChI is InChI=1S/C16H16BrN3/c1-2-16-19-14-9-13(18)6-7-15(14)20(16)10-11-4-3-5-12(17)8-11/h3-9H,2,10,18H2,1H3. The number of nitrogens with zero attached hydrogens (tertiary/aromatic N) is 2. The minimum atomic E-state index is 0.757. The lowest BCUT2D eigenvalue weighted by atomic mass is 10.2. The molecule has 2 N–H and O–H groups in total. The van der Waals surface area contributed by atoms with Crippen LogP contribution in [0.5, 0.6) is 0 Å². The molecule has 3 aromatic rings. The first kappa shape index (κ1) is 13.2. The summed E-state index contributed by atoms with van der Waals surface area (Å²) >= 11 is 3.52. The number of hydrogen-bond donors (Lipinski definition) is 1. The van der Waals surface area contributed by atoms with Gasteiger partial charge >= 0.3 is 0 Å². The quantitative estimate of drug-likeness (QED) is 0.738. The predicted octanol–water partition coefficient (Wildman–Crippen LogP) is 3.99. The molecule has 0 atom stereocenters. The Balaban J connectivity index is 2.10. The van der Waals surface area contributed by atoms with Crippen molar-refractivity contribution in [1.82, 2.24) is 9.55 Å². The molecule has 0 spiro atoms. The topological polar surface area (TPSA) is 43.8 Å². The molecule has 0 aliphatic rings. The molecule has 0 unspecified atom stereocenters. The molecule has 3 nitrogen and oxygen atoms in total. The maximum absolute atomic E-state index is 5.84. The number of imidazole rings is 1. The van der Waals surface area contributed by atoms with Gasteiger partial charge in [-0.1, -0.05) is 35.0 Å². The van der Waals surface area contributed by atoms with E-state index in [2.05, 4.69) is 56.7 Å². The molecule has 0 aliphatic heterocycles. The van der Waals surface area contributed by atoms with Gasteiger partial charge in [-0.05, 0) is 35.9 Å². The van der Waals surface area contributed by atoms with Gasteiger partial charge in [-0.2, -0.15) is 0 Å². The molecule has 2 aromatic carbocycles. The van der Waals surface area contributed by atoms with Gasteiger partial charge in [-0.3, -0.25) is 0 Å². The number of aromatic nitrogens is 2. The molecule has 4 heteroatoms. The van der Waals surface area contributed by atoms with Gasteiger partial charge in [0.1, 0.15) is 5.82 Å². The highest BCUT2D eigenvalue weighted by molar-refractivity contribution is 9.10. The van der Waals surface area contributed by atoms with Crippen LogP contribution in [0.3, 0.4) is 0 Å². The molecule has 1 heterocycles. The highest BCUT2D eigenvalue weighted by Crippen LogP contribution is 2.21. The number of rotatable bonds is 3. The average molecular weight is 330 g/mol. The Kier molecular flexibility index (Phi) is 3.49. The summed E-state index contributed by atoms with van der Waals surface area (Å²) in [5, 5.41) is 0. The highest BCUT2D eigenvalue weighted by atomic mass is 79.9. The molecule has 0 saturated carbocycles. The van der Waals surface area contributed by atoms with E-state index in [-0.39, 0.29) is 0 Å². The zero-order chi connectivity index (χ0) is 14.1. The fourth-order valence-corrected chi connectivity index (χ4v) is 2.91. The zero-order valence-electron chi connectivity index (χ0n) is 11.3. The number of fused-ring (bicyclic) bond motifs is 1. The van der Waals surface area contributed by atoms with Crippen molar-refractivity contribution in [3.05, 3.63) is 58.3 Å². The lowest BCUT2D eigenvalue weighted by Crippen LogP contribution is -2.04. The molecular formula is C16H16BrN3. The van der Waals surface area contributed by atoms with E-state index >= 15 is 0 Å². The molecular weight excluding hydrogens is 314 g/mol. The van der Waals surface area contributed by atoms with Gasteiger partial charge in [0.05, 0.1) is 11.0 Å². The first-order chi connectivity index (χ1) is 9.67. The van der Waals surface area contributed by atoms with Crippen LogP contribution < -0.4 is 5.73 Å². The molecule has 0 radical (unpaired) electrons. The van der Waals surface area contributed by atoms with Crippen molar-refractivity contribution < 1.29 is 0 Å². The fourth-order valence-electron chi connectivity index (χ4n) is 2.46. The van der Waals surface area contributed by atoms with E-state index in [1.54, 1.807) is 0 Å². The third kappa shape index (κ3) is 2.43. The van der Waals surface area contributed by atoms with E-state index in [1.165, 1.54) is 5.56 Å². The monoisotopic (exact) mass is 329 g/mol. The number of anilines is 1. The van der Waals surface area contributed by atoms with Crippen molar-refractivity contribution in [2.75, 3.05) is 5.73 Å². The van der Waals surface area contributed by atoms with Crippen molar-refractivity contribution in [1.29, 1.82) is 0 Å². The van der Waals surface area contributed by atoms with Crippen molar-refractivity contribution in [2.24, 2.45) is 0 Å². The van der Waals surface area contributed by atoms with Gasteiger partial charge in [0.25, 0.3) is 0 Å². The smallest absolute Gasteiger partial charge is 0.109 e. The molecule has 0 amide bonds. The van der Waals surface area contributed by atoms with Crippen LogP contribution in [-0.2, 0) is 13.0 Å². The minimum absolute atomic E-state index is 0.757. The van der Waals surface area contributed by atoms with Crippen LogP contribution in [0.4, 0.5) is 5.69 Å². The fraction of sp³-hybridized carbons (Fsp3) is 0.188. The Bertz CT molecular complexity index is 762. The SMILES string of the molecule is CCc1nc2cc(N)ccc2n1Cc1cccc(Br)c1. The lowest BCUT2D eigenvalue weighted by molar-refractivity contribution is 0.753. The van der Waals surface area contributed by atoms with Crippen LogP contribution in [0, 0.1) is 0 Å². The Hall–Kier alpha value is -1.81. The number of aryl methyl sites for hydroxylation is 1. The maximum Gasteiger partial charge on any atom is 0.109 e. The summed E-state index contributed by atoms with van der Waals surface area (Å²) in [5.74, 6) is 1.09. The lowest BCUT2D eigenvalue weighted by Gasteiger charge is -2.09.